The lowest BCUT2D eigenvalue weighted by Crippen LogP contribution is -2.44. The Bertz CT molecular complexity index is 373. The van der Waals surface area contributed by atoms with Gasteiger partial charge in [-0.05, 0) is 56.8 Å². The maximum Gasteiger partial charge on any atom is 0.187 e. The Morgan fingerprint density at radius 3 is 2.78 bits per heavy atom. The fourth-order valence-corrected chi connectivity index (χ4v) is 2.89. The zero-order valence-electron chi connectivity index (χ0n) is 11.3. The average Bonchev–Trinajstić information content (AvgIpc) is 2.76. The van der Waals surface area contributed by atoms with Gasteiger partial charge in [-0.25, -0.2) is 0 Å². The Hall–Kier alpha value is -0.900. The third-order valence-electron chi connectivity index (χ3n) is 3.92. The molecule has 2 N–H and O–H groups in total. The Kier molecular flexibility index (Phi) is 4.75. The van der Waals surface area contributed by atoms with Crippen molar-refractivity contribution < 1.29 is 0 Å². The second kappa shape index (κ2) is 6.32. The summed E-state index contributed by atoms with van der Waals surface area (Å²) in [5, 5.41) is 8.41. The van der Waals surface area contributed by atoms with E-state index < -0.39 is 0 Å². The van der Waals surface area contributed by atoms with Crippen molar-refractivity contribution >= 4 is 23.0 Å². The van der Waals surface area contributed by atoms with Crippen LogP contribution >= 0.6 is 12.2 Å². The van der Waals surface area contributed by atoms with Crippen molar-refractivity contribution in [3.8, 4) is 0 Å². The van der Waals surface area contributed by atoms with Crippen LogP contribution in [-0.2, 0) is 0 Å². The third kappa shape index (κ3) is 3.80. The van der Waals surface area contributed by atoms with Crippen molar-refractivity contribution in [2.24, 2.45) is 11.0 Å². The molecule has 0 bridgehead atoms. The summed E-state index contributed by atoms with van der Waals surface area (Å²) in [4.78, 5) is 0. The van der Waals surface area contributed by atoms with Crippen molar-refractivity contribution in [2.45, 2.75) is 58.4 Å². The molecule has 0 aromatic rings. The zero-order valence-corrected chi connectivity index (χ0v) is 12.1. The van der Waals surface area contributed by atoms with E-state index in [-0.39, 0.29) is 0 Å². The monoisotopic (exact) mass is 265 g/mol. The van der Waals surface area contributed by atoms with Crippen LogP contribution in [0.15, 0.2) is 16.8 Å². The standard InChI is InChI=1S/C14H23N3S/c1-10-7-8-12(9-10)16-17-14(18)15-13-6-4-3-5-11(13)2/h9,11,13H,3-8H2,1-2H3,(H2,15,17,18)/b16-12-/t11-,13+/m0/s1. The third-order valence-corrected chi connectivity index (χ3v) is 4.13. The molecule has 0 unspecified atom stereocenters. The Morgan fingerprint density at radius 2 is 2.11 bits per heavy atom. The van der Waals surface area contributed by atoms with Gasteiger partial charge in [0.2, 0.25) is 0 Å². The smallest absolute Gasteiger partial charge is 0.187 e. The van der Waals surface area contributed by atoms with Crippen LogP contribution < -0.4 is 10.7 Å². The lowest BCUT2D eigenvalue weighted by molar-refractivity contribution is 0.308. The lowest BCUT2D eigenvalue weighted by atomic mass is 9.86. The molecule has 2 aliphatic rings. The van der Waals surface area contributed by atoms with Gasteiger partial charge in [-0.15, -0.1) is 0 Å². The number of nitrogens with zero attached hydrogens (tertiary/aromatic N) is 1. The van der Waals surface area contributed by atoms with E-state index in [0.29, 0.717) is 17.1 Å². The van der Waals surface area contributed by atoms with E-state index in [2.05, 4.69) is 35.8 Å². The molecule has 3 nitrogen and oxygen atoms in total. The number of thiocarbonyl (C=S) groups is 1. The highest BCUT2D eigenvalue weighted by Gasteiger charge is 2.21. The van der Waals surface area contributed by atoms with Crippen LogP contribution in [0.5, 0.6) is 0 Å². The second-order valence-corrected chi connectivity index (χ2v) is 5.96. The summed E-state index contributed by atoms with van der Waals surface area (Å²) < 4.78 is 0. The van der Waals surface area contributed by atoms with Gasteiger partial charge in [0.1, 0.15) is 0 Å². The highest BCUT2D eigenvalue weighted by Crippen LogP contribution is 2.23. The number of hydrogen-bond donors (Lipinski definition) is 2. The summed E-state index contributed by atoms with van der Waals surface area (Å²) in [6.45, 7) is 4.44. The van der Waals surface area contributed by atoms with Crippen molar-refractivity contribution in [1.29, 1.82) is 0 Å². The molecule has 0 saturated heterocycles. The maximum atomic E-state index is 5.30. The molecule has 2 atom stereocenters. The van der Waals surface area contributed by atoms with Gasteiger partial charge in [0.25, 0.3) is 0 Å². The maximum absolute atomic E-state index is 5.30. The fraction of sp³-hybridized carbons (Fsp3) is 0.714. The van der Waals surface area contributed by atoms with Gasteiger partial charge in [-0.2, -0.15) is 5.10 Å². The van der Waals surface area contributed by atoms with Crippen LogP contribution in [0.3, 0.4) is 0 Å². The first-order valence-corrected chi connectivity index (χ1v) is 7.36. The van der Waals surface area contributed by atoms with Gasteiger partial charge >= 0.3 is 0 Å². The Morgan fingerprint density at radius 1 is 1.33 bits per heavy atom. The summed E-state index contributed by atoms with van der Waals surface area (Å²) in [6, 6.07) is 0.514. The highest BCUT2D eigenvalue weighted by molar-refractivity contribution is 7.80. The first kappa shape index (κ1) is 13.5. The molecule has 18 heavy (non-hydrogen) atoms. The molecule has 0 aliphatic heterocycles. The van der Waals surface area contributed by atoms with E-state index in [1.807, 2.05) is 0 Å². The fourth-order valence-electron chi connectivity index (χ4n) is 2.70. The molecule has 1 saturated carbocycles. The normalized spacial score (nSPS) is 30.1. The van der Waals surface area contributed by atoms with Crippen molar-refractivity contribution in [2.75, 3.05) is 0 Å². The van der Waals surface area contributed by atoms with Crippen molar-refractivity contribution in [3.05, 3.63) is 11.6 Å². The van der Waals surface area contributed by atoms with Crippen molar-refractivity contribution in [3.63, 3.8) is 0 Å². The van der Waals surface area contributed by atoms with Crippen LogP contribution in [0, 0.1) is 5.92 Å². The molecule has 0 radical (unpaired) electrons. The molecule has 0 aromatic heterocycles. The number of nitrogens with one attached hydrogen (secondary N) is 2. The van der Waals surface area contributed by atoms with Crippen LogP contribution in [0.25, 0.3) is 0 Å². The largest absolute Gasteiger partial charge is 0.358 e. The SMILES string of the molecule is CC1=C/C(=N\NC(=S)N[C@@H]2CCCC[C@@H]2C)CC1. The summed E-state index contributed by atoms with van der Waals surface area (Å²) in [7, 11) is 0. The van der Waals surface area contributed by atoms with Crippen molar-refractivity contribution in [1.82, 2.24) is 10.7 Å². The molecular formula is C14H23N3S. The Balaban J connectivity index is 1.78. The van der Waals surface area contributed by atoms with Crippen LogP contribution in [-0.4, -0.2) is 16.9 Å². The number of rotatable bonds is 2. The minimum Gasteiger partial charge on any atom is -0.358 e. The molecule has 0 heterocycles. The summed E-state index contributed by atoms with van der Waals surface area (Å²) in [5.74, 6) is 0.708. The molecule has 100 valence electrons. The molecular weight excluding hydrogens is 242 g/mol. The van der Waals surface area contributed by atoms with Gasteiger partial charge in [-0.1, -0.05) is 25.3 Å². The molecule has 2 rings (SSSR count). The van der Waals surface area contributed by atoms with Gasteiger partial charge in [0, 0.05) is 6.04 Å². The van der Waals surface area contributed by atoms with E-state index in [4.69, 9.17) is 12.2 Å². The second-order valence-electron chi connectivity index (χ2n) is 5.55. The summed E-state index contributed by atoms with van der Waals surface area (Å²) in [5.41, 5.74) is 5.48. The molecule has 1 fully saturated rings. The number of hydrogen-bond acceptors (Lipinski definition) is 2. The van der Waals surface area contributed by atoms with Gasteiger partial charge in [0.15, 0.2) is 5.11 Å². The van der Waals surface area contributed by atoms with Gasteiger partial charge in [-0.3, -0.25) is 5.43 Å². The van der Waals surface area contributed by atoms with E-state index in [0.717, 1.165) is 18.6 Å². The van der Waals surface area contributed by atoms with E-state index in [9.17, 15) is 0 Å². The molecule has 4 heteroatoms. The van der Waals surface area contributed by atoms with Crippen LogP contribution in [0.4, 0.5) is 0 Å². The predicted molar refractivity (Wildman–Crippen MR) is 80.7 cm³/mol. The Labute approximate surface area is 115 Å². The topological polar surface area (TPSA) is 36.4 Å². The van der Waals surface area contributed by atoms with Gasteiger partial charge < -0.3 is 5.32 Å². The minimum absolute atomic E-state index is 0.514. The van der Waals surface area contributed by atoms with Gasteiger partial charge in [0.05, 0.1) is 5.71 Å². The van der Waals surface area contributed by atoms with E-state index in [1.54, 1.807) is 0 Å². The highest BCUT2D eigenvalue weighted by atomic mass is 32.1. The summed E-state index contributed by atoms with van der Waals surface area (Å²) in [6.07, 6.45) is 9.47. The molecule has 2 aliphatic carbocycles. The predicted octanol–water partition coefficient (Wildman–Crippen LogP) is 3.13. The zero-order chi connectivity index (χ0) is 13.0. The quantitative estimate of drug-likeness (QED) is 0.595. The first-order valence-electron chi connectivity index (χ1n) is 6.95. The lowest BCUT2D eigenvalue weighted by Gasteiger charge is -2.30. The number of allylic oxidation sites excluding steroid dienone is 2. The van der Waals surface area contributed by atoms with E-state index in [1.165, 1.54) is 31.3 Å². The minimum atomic E-state index is 0.514. The van der Waals surface area contributed by atoms with Crippen LogP contribution in [0.1, 0.15) is 52.4 Å². The van der Waals surface area contributed by atoms with Crippen LogP contribution in [0.2, 0.25) is 0 Å². The average molecular weight is 265 g/mol. The van der Waals surface area contributed by atoms with E-state index >= 15 is 0 Å². The molecule has 0 aromatic carbocycles. The molecule has 0 amide bonds. The molecule has 0 spiro atoms. The summed E-state index contributed by atoms with van der Waals surface area (Å²) >= 11 is 5.30. The first-order chi connectivity index (χ1) is 8.65. The number of hydrazone groups is 1.